The van der Waals surface area contributed by atoms with Gasteiger partial charge >= 0.3 is 0 Å². The zero-order valence-electron chi connectivity index (χ0n) is 11.1. The molecule has 0 fully saturated rings. The maximum Gasteiger partial charge on any atom is 0.287 e. The summed E-state index contributed by atoms with van der Waals surface area (Å²) in [4.78, 5) is 3.52. The van der Waals surface area contributed by atoms with Crippen LogP contribution in [0.15, 0.2) is 48.5 Å². The summed E-state index contributed by atoms with van der Waals surface area (Å²) in [6.07, 6.45) is 0. The zero-order valence-corrected chi connectivity index (χ0v) is 11.1. The third-order valence-corrected chi connectivity index (χ3v) is 3.91. The highest BCUT2D eigenvalue weighted by Crippen LogP contribution is 2.26. The lowest BCUT2D eigenvalue weighted by molar-refractivity contribution is -0.619. The Labute approximate surface area is 111 Å². The van der Waals surface area contributed by atoms with Crippen molar-refractivity contribution in [3.63, 3.8) is 0 Å². The molecule has 0 saturated heterocycles. The zero-order chi connectivity index (χ0) is 13.0. The fourth-order valence-corrected chi connectivity index (χ4v) is 2.93. The van der Waals surface area contributed by atoms with E-state index in [-0.39, 0.29) is 0 Å². The van der Waals surface area contributed by atoms with Crippen molar-refractivity contribution in [3.8, 4) is 0 Å². The largest absolute Gasteiger partial charge is 0.287 e. The average Bonchev–Trinajstić information content (AvgIpc) is 2.78. The maximum atomic E-state index is 3.52. The molecule has 0 amide bonds. The van der Waals surface area contributed by atoms with Gasteiger partial charge in [0.25, 0.3) is 5.65 Å². The predicted molar refractivity (Wildman–Crippen MR) is 79.2 cm³/mol. The van der Waals surface area contributed by atoms with Crippen LogP contribution in [0, 0.1) is 6.92 Å². The van der Waals surface area contributed by atoms with Crippen molar-refractivity contribution in [1.29, 1.82) is 0 Å². The fraction of sp³-hybridized carbons (Fsp3) is 0.118. The van der Waals surface area contributed by atoms with Crippen LogP contribution in [0.1, 0.15) is 5.56 Å². The summed E-state index contributed by atoms with van der Waals surface area (Å²) in [5.74, 6) is 0. The summed E-state index contributed by atoms with van der Waals surface area (Å²) in [5.41, 5.74) is 4.93. The Kier molecular flexibility index (Phi) is 1.99. The molecule has 0 aliphatic heterocycles. The second-order valence-electron chi connectivity index (χ2n) is 5.20. The topological polar surface area (TPSA) is 19.7 Å². The standard InChI is InChI=1S/C17H14N2/c1-11-7-8-16-12(9-11)10-14-13-5-3-4-6-15(13)18-17(14)19(16)2/h3-10H,1-2H3/p+1. The highest BCUT2D eigenvalue weighted by molar-refractivity contribution is 6.07. The molecule has 2 heterocycles. The number of fused-ring (bicyclic) bond motifs is 4. The van der Waals surface area contributed by atoms with E-state index in [1.807, 2.05) is 0 Å². The molecule has 2 aromatic heterocycles. The number of para-hydroxylation sites is 1. The quantitative estimate of drug-likeness (QED) is 0.458. The first-order valence-corrected chi connectivity index (χ1v) is 6.54. The van der Waals surface area contributed by atoms with E-state index in [9.17, 15) is 0 Å². The van der Waals surface area contributed by atoms with Gasteiger partial charge in [-0.3, -0.25) is 0 Å². The molecule has 2 nitrogen and oxygen atoms in total. The molecule has 4 aromatic rings. The van der Waals surface area contributed by atoms with Gasteiger partial charge in [-0.05, 0) is 37.3 Å². The summed E-state index contributed by atoms with van der Waals surface area (Å²) >= 11 is 0. The molecular formula is C17H15N2+. The van der Waals surface area contributed by atoms with Crippen molar-refractivity contribution in [2.75, 3.05) is 0 Å². The van der Waals surface area contributed by atoms with Crippen LogP contribution >= 0.6 is 0 Å². The Hall–Kier alpha value is -2.35. The molecule has 0 aliphatic rings. The van der Waals surface area contributed by atoms with E-state index in [0.29, 0.717) is 0 Å². The number of aryl methyl sites for hydroxylation is 2. The van der Waals surface area contributed by atoms with Gasteiger partial charge in [0.05, 0.1) is 12.4 Å². The Morgan fingerprint density at radius 3 is 2.68 bits per heavy atom. The molecule has 0 bridgehead atoms. The van der Waals surface area contributed by atoms with Gasteiger partial charge in [-0.1, -0.05) is 23.8 Å². The lowest BCUT2D eigenvalue weighted by atomic mass is 10.1. The van der Waals surface area contributed by atoms with E-state index >= 15 is 0 Å². The highest BCUT2D eigenvalue weighted by atomic mass is 15.0. The van der Waals surface area contributed by atoms with Crippen molar-refractivity contribution in [1.82, 2.24) is 4.98 Å². The van der Waals surface area contributed by atoms with Gasteiger partial charge in [-0.2, -0.15) is 0 Å². The number of hydrogen-bond donors (Lipinski definition) is 1. The number of aromatic nitrogens is 2. The summed E-state index contributed by atoms with van der Waals surface area (Å²) in [7, 11) is 2.12. The van der Waals surface area contributed by atoms with Crippen LogP contribution in [0.3, 0.4) is 0 Å². The summed E-state index contributed by atoms with van der Waals surface area (Å²) in [6.45, 7) is 2.14. The smallest absolute Gasteiger partial charge is 0.240 e. The van der Waals surface area contributed by atoms with Crippen LogP contribution in [0.5, 0.6) is 0 Å². The van der Waals surface area contributed by atoms with Gasteiger partial charge in [-0.15, -0.1) is 0 Å². The molecule has 2 aromatic carbocycles. The van der Waals surface area contributed by atoms with Crippen LogP contribution < -0.4 is 4.57 Å². The monoisotopic (exact) mass is 247 g/mol. The van der Waals surface area contributed by atoms with E-state index in [1.165, 1.54) is 38.4 Å². The average molecular weight is 247 g/mol. The van der Waals surface area contributed by atoms with Crippen LogP contribution in [0.25, 0.3) is 32.8 Å². The molecule has 4 rings (SSSR count). The fourth-order valence-electron chi connectivity index (χ4n) is 2.93. The van der Waals surface area contributed by atoms with Gasteiger partial charge in [-0.25, -0.2) is 9.55 Å². The number of rotatable bonds is 0. The molecular weight excluding hydrogens is 232 g/mol. The second kappa shape index (κ2) is 3.58. The van der Waals surface area contributed by atoms with Gasteiger partial charge in [0.2, 0.25) is 0 Å². The second-order valence-corrected chi connectivity index (χ2v) is 5.20. The summed E-state index contributed by atoms with van der Waals surface area (Å²) in [5, 5.41) is 3.87. The van der Waals surface area contributed by atoms with E-state index in [2.05, 4.69) is 72.1 Å². The molecule has 0 saturated carbocycles. The van der Waals surface area contributed by atoms with Crippen LogP contribution in [-0.2, 0) is 7.05 Å². The van der Waals surface area contributed by atoms with Crippen molar-refractivity contribution in [2.24, 2.45) is 7.05 Å². The molecule has 92 valence electrons. The molecule has 0 atom stereocenters. The minimum absolute atomic E-state index is 1.18. The number of hydrogen-bond acceptors (Lipinski definition) is 0. The van der Waals surface area contributed by atoms with E-state index in [1.54, 1.807) is 0 Å². The Morgan fingerprint density at radius 2 is 1.79 bits per heavy atom. The number of nitrogens with one attached hydrogen (secondary N) is 1. The number of aromatic amines is 1. The van der Waals surface area contributed by atoms with Crippen molar-refractivity contribution < 1.29 is 4.57 Å². The molecule has 2 heteroatoms. The third kappa shape index (κ3) is 1.40. The van der Waals surface area contributed by atoms with Crippen molar-refractivity contribution in [3.05, 3.63) is 54.1 Å². The Morgan fingerprint density at radius 1 is 0.947 bits per heavy atom. The lowest BCUT2D eigenvalue weighted by Crippen LogP contribution is -2.30. The normalized spacial score (nSPS) is 11.7. The van der Waals surface area contributed by atoms with Crippen LogP contribution in [0.2, 0.25) is 0 Å². The summed E-state index contributed by atoms with van der Waals surface area (Å²) < 4.78 is 2.24. The third-order valence-electron chi connectivity index (χ3n) is 3.91. The number of benzene rings is 2. The number of H-pyrrole nitrogens is 1. The van der Waals surface area contributed by atoms with Crippen molar-refractivity contribution in [2.45, 2.75) is 6.92 Å². The first kappa shape index (κ1) is 10.6. The first-order chi connectivity index (χ1) is 9.24. The minimum Gasteiger partial charge on any atom is -0.240 e. The Balaban J connectivity index is 2.30. The van der Waals surface area contributed by atoms with Gasteiger partial charge in [0.15, 0.2) is 0 Å². The highest BCUT2D eigenvalue weighted by Gasteiger charge is 2.15. The van der Waals surface area contributed by atoms with Crippen LogP contribution in [0.4, 0.5) is 0 Å². The van der Waals surface area contributed by atoms with Gasteiger partial charge < -0.3 is 0 Å². The first-order valence-electron chi connectivity index (χ1n) is 6.54. The Bertz CT molecular complexity index is 932. The SMILES string of the molecule is Cc1ccc2c(c1)cc1c3ccccc3[nH]c1[n+]2C. The van der Waals surface area contributed by atoms with E-state index < -0.39 is 0 Å². The molecule has 0 aliphatic carbocycles. The lowest BCUT2D eigenvalue weighted by Gasteiger charge is -2.02. The molecule has 0 radical (unpaired) electrons. The van der Waals surface area contributed by atoms with Crippen LogP contribution in [-0.4, -0.2) is 4.98 Å². The van der Waals surface area contributed by atoms with Gasteiger partial charge in [0.1, 0.15) is 11.0 Å². The summed E-state index contributed by atoms with van der Waals surface area (Å²) in [6, 6.07) is 17.4. The molecule has 0 spiro atoms. The number of nitrogens with zero attached hydrogens (tertiary/aromatic N) is 1. The molecule has 19 heavy (non-hydrogen) atoms. The van der Waals surface area contributed by atoms with E-state index in [0.717, 1.165) is 0 Å². The predicted octanol–water partition coefficient (Wildman–Crippen LogP) is 3.61. The minimum atomic E-state index is 1.18. The molecule has 1 N–H and O–H groups in total. The number of pyridine rings is 1. The van der Waals surface area contributed by atoms with E-state index in [4.69, 9.17) is 0 Å². The molecule has 0 unspecified atom stereocenters. The maximum absolute atomic E-state index is 3.52. The van der Waals surface area contributed by atoms with Gasteiger partial charge in [0, 0.05) is 10.8 Å². The van der Waals surface area contributed by atoms with Crippen molar-refractivity contribution >= 4 is 32.8 Å².